The van der Waals surface area contributed by atoms with Gasteiger partial charge in [-0.05, 0) is 59.8 Å². The Morgan fingerprint density at radius 2 is 1.64 bits per heavy atom. The van der Waals surface area contributed by atoms with Crippen molar-refractivity contribution in [2.24, 2.45) is 4.99 Å². The first-order valence-electron chi connectivity index (χ1n) is 12.5. The molecule has 0 saturated carbocycles. The summed E-state index contributed by atoms with van der Waals surface area (Å²) < 4.78 is 6.59. The molecule has 2 aliphatic rings. The molecule has 0 fully saturated rings. The molecule has 180 valence electrons. The maximum Gasteiger partial charge on any atom is 0.310 e. The molecule has 0 spiro atoms. The Kier molecular flexibility index (Phi) is 5.49. The summed E-state index contributed by atoms with van der Waals surface area (Å²) in [7, 11) is 0.352. The Labute approximate surface area is 212 Å². The molecule has 3 unspecified atom stereocenters. The van der Waals surface area contributed by atoms with E-state index in [2.05, 4.69) is 77.4 Å². The first-order valence-corrected chi connectivity index (χ1v) is 12.5. The van der Waals surface area contributed by atoms with Crippen LogP contribution in [0, 0.1) is 0 Å². The van der Waals surface area contributed by atoms with Crippen LogP contribution in [0.15, 0.2) is 96.0 Å². The van der Waals surface area contributed by atoms with Crippen molar-refractivity contribution in [2.45, 2.75) is 44.3 Å². The monoisotopic (exact) mass is 475 g/mol. The summed E-state index contributed by atoms with van der Waals surface area (Å²) in [5.74, 6) is 0.831. The highest BCUT2D eigenvalue weighted by molar-refractivity contribution is 6.49. The number of benzene rings is 4. The van der Waals surface area contributed by atoms with Gasteiger partial charge in [-0.3, -0.25) is 5.32 Å². The van der Waals surface area contributed by atoms with Crippen LogP contribution in [0.5, 0.6) is 0 Å². The van der Waals surface area contributed by atoms with Crippen LogP contribution >= 0.6 is 0 Å². The molecule has 6 heteroatoms. The van der Waals surface area contributed by atoms with Crippen LogP contribution in [0.3, 0.4) is 0 Å². The van der Waals surface area contributed by atoms with Crippen LogP contribution in [0.2, 0.25) is 0 Å². The number of hydrogen-bond donors (Lipinski definition) is 3. The zero-order valence-corrected chi connectivity index (χ0v) is 20.8. The molecular weight excluding hydrogens is 445 g/mol. The van der Waals surface area contributed by atoms with Crippen LogP contribution in [0.4, 0.5) is 0 Å². The van der Waals surface area contributed by atoms with Crippen molar-refractivity contribution in [1.29, 1.82) is 0 Å². The van der Waals surface area contributed by atoms with Gasteiger partial charge in [-0.15, -0.1) is 0 Å². The van der Waals surface area contributed by atoms with Gasteiger partial charge in [0.25, 0.3) is 0 Å². The van der Waals surface area contributed by atoms with Gasteiger partial charge in [-0.2, -0.15) is 0 Å². The highest BCUT2D eigenvalue weighted by Gasteiger charge is 2.45. The molecule has 4 aromatic rings. The van der Waals surface area contributed by atoms with Gasteiger partial charge in [0.15, 0.2) is 0 Å². The topological polar surface area (TPSA) is 65.9 Å². The summed E-state index contributed by atoms with van der Waals surface area (Å²) in [6, 6.07) is 31.3. The van der Waals surface area contributed by atoms with Crippen molar-refractivity contribution in [3.63, 3.8) is 0 Å². The predicted octanol–water partition coefficient (Wildman–Crippen LogP) is 4.17. The number of amidine groups is 1. The number of fused-ring (bicyclic) bond motifs is 7. The molecule has 6 rings (SSSR count). The fourth-order valence-electron chi connectivity index (χ4n) is 5.27. The number of nitrogens with zero attached hydrogens (tertiary/aromatic N) is 1. The zero-order chi connectivity index (χ0) is 24.9. The lowest BCUT2D eigenvalue weighted by Gasteiger charge is -2.44. The second-order valence-electron chi connectivity index (χ2n) is 10.4. The van der Waals surface area contributed by atoms with Crippen molar-refractivity contribution < 1.29 is 9.76 Å². The molecule has 4 aromatic carbocycles. The quantitative estimate of drug-likeness (QED) is 0.381. The second-order valence-corrected chi connectivity index (χ2v) is 10.4. The van der Waals surface area contributed by atoms with E-state index in [9.17, 15) is 5.11 Å². The van der Waals surface area contributed by atoms with E-state index >= 15 is 0 Å². The Morgan fingerprint density at radius 3 is 2.47 bits per heavy atom. The second kappa shape index (κ2) is 8.59. The smallest absolute Gasteiger partial charge is 0.310 e. The van der Waals surface area contributed by atoms with E-state index in [1.54, 1.807) is 0 Å². The van der Waals surface area contributed by atoms with E-state index in [1.807, 2.05) is 45.0 Å². The lowest BCUT2D eigenvalue weighted by atomic mass is 9.74. The molecule has 0 saturated heterocycles. The average Bonchev–Trinajstić information content (AvgIpc) is 2.90. The lowest BCUT2D eigenvalue weighted by molar-refractivity contribution is -0.107. The first-order chi connectivity index (χ1) is 17.3. The minimum atomic E-state index is -1.12. The van der Waals surface area contributed by atoms with Gasteiger partial charge in [0.05, 0.1) is 5.60 Å². The molecule has 3 atom stereocenters. The maximum atomic E-state index is 11.3. The Hall–Kier alpha value is -3.45. The molecule has 2 aliphatic heterocycles. The summed E-state index contributed by atoms with van der Waals surface area (Å²) in [5, 5.41) is 21.1. The SMILES string of the molecule is CC(C)(O)C1(C)OBc2ccccc2C2=NC(c3ccc4ccccc4c3)NC(N2)c2ccccc21. The minimum absolute atomic E-state index is 0.235. The maximum absolute atomic E-state index is 11.3. The Bertz CT molecular complexity index is 1480. The average molecular weight is 475 g/mol. The third kappa shape index (κ3) is 3.82. The summed E-state index contributed by atoms with van der Waals surface area (Å²) in [4.78, 5) is 5.14. The van der Waals surface area contributed by atoms with Gasteiger partial charge in [0.2, 0.25) is 0 Å². The summed E-state index contributed by atoms with van der Waals surface area (Å²) in [6.45, 7) is 5.61. The molecule has 2 heterocycles. The summed E-state index contributed by atoms with van der Waals surface area (Å²) in [6.07, 6.45) is -0.479. The van der Waals surface area contributed by atoms with E-state index < -0.39 is 11.2 Å². The largest absolute Gasteiger partial charge is 0.423 e. The van der Waals surface area contributed by atoms with Crippen LogP contribution in [0.25, 0.3) is 10.8 Å². The van der Waals surface area contributed by atoms with Crippen LogP contribution < -0.4 is 16.1 Å². The molecule has 36 heavy (non-hydrogen) atoms. The number of nitrogens with one attached hydrogen (secondary N) is 2. The zero-order valence-electron chi connectivity index (χ0n) is 20.8. The van der Waals surface area contributed by atoms with Gasteiger partial charge in [0, 0.05) is 5.56 Å². The van der Waals surface area contributed by atoms with Crippen molar-refractivity contribution >= 4 is 29.6 Å². The van der Waals surface area contributed by atoms with Crippen LogP contribution in [-0.2, 0) is 10.3 Å². The summed E-state index contributed by atoms with van der Waals surface area (Å²) in [5.41, 5.74) is 3.04. The van der Waals surface area contributed by atoms with Crippen molar-refractivity contribution in [3.8, 4) is 0 Å². The molecule has 5 nitrogen and oxygen atoms in total. The van der Waals surface area contributed by atoms with Crippen molar-refractivity contribution in [1.82, 2.24) is 10.6 Å². The Balaban J connectivity index is 1.55. The van der Waals surface area contributed by atoms with E-state index in [4.69, 9.17) is 9.65 Å². The van der Waals surface area contributed by atoms with E-state index in [1.165, 1.54) is 10.8 Å². The molecule has 3 N–H and O–H groups in total. The third-order valence-corrected chi connectivity index (χ3v) is 7.70. The molecular formula is C30H30BN3O2. The van der Waals surface area contributed by atoms with Gasteiger partial charge < -0.3 is 15.1 Å². The van der Waals surface area contributed by atoms with Crippen LogP contribution in [0.1, 0.15) is 55.4 Å². The minimum Gasteiger partial charge on any atom is -0.423 e. The third-order valence-electron chi connectivity index (χ3n) is 7.70. The highest BCUT2D eigenvalue weighted by Crippen LogP contribution is 2.40. The van der Waals surface area contributed by atoms with Gasteiger partial charge >= 0.3 is 7.48 Å². The number of hydrogen-bond acceptors (Lipinski definition) is 5. The van der Waals surface area contributed by atoms with Gasteiger partial charge in [-0.1, -0.05) is 84.9 Å². The van der Waals surface area contributed by atoms with Crippen molar-refractivity contribution in [2.75, 3.05) is 0 Å². The van der Waals surface area contributed by atoms with E-state index in [0.717, 1.165) is 33.6 Å². The fraction of sp³-hybridized carbons (Fsp3) is 0.233. The van der Waals surface area contributed by atoms with Gasteiger partial charge in [0.1, 0.15) is 23.8 Å². The summed E-state index contributed by atoms with van der Waals surface area (Å²) >= 11 is 0. The van der Waals surface area contributed by atoms with Crippen molar-refractivity contribution in [3.05, 3.63) is 113 Å². The lowest BCUT2D eigenvalue weighted by Crippen LogP contribution is -2.53. The van der Waals surface area contributed by atoms with Crippen LogP contribution in [-0.4, -0.2) is 24.0 Å². The van der Waals surface area contributed by atoms with E-state index in [-0.39, 0.29) is 12.3 Å². The molecule has 2 bridgehead atoms. The number of rotatable bonds is 2. The fourth-order valence-corrected chi connectivity index (χ4v) is 5.27. The molecule has 0 amide bonds. The molecule has 0 aromatic heterocycles. The number of aliphatic imine (C=N–C) groups is 1. The predicted molar refractivity (Wildman–Crippen MR) is 147 cm³/mol. The van der Waals surface area contributed by atoms with Gasteiger partial charge in [-0.25, -0.2) is 4.99 Å². The number of aliphatic hydroxyl groups is 1. The highest BCUT2D eigenvalue weighted by atomic mass is 16.5. The standard InChI is InChI=1S/C30H30BN3O2/c1-29(2,35)30(3)24-14-8-6-12-22(24)27-32-26(21-17-16-19-10-4-5-11-20(19)18-21)33-28(34-27)23-13-7-9-15-25(23)31-36-30/h4-18,26-27,31-32,35H,1-3H3,(H,33,34). The molecule has 0 aliphatic carbocycles. The Morgan fingerprint density at radius 1 is 0.917 bits per heavy atom. The van der Waals surface area contributed by atoms with E-state index in [0.29, 0.717) is 7.48 Å². The normalized spacial score (nSPS) is 23.5. The molecule has 0 radical (unpaired) electrons. The first kappa shape index (κ1) is 23.0.